The minimum absolute atomic E-state index is 0.0839. The summed E-state index contributed by atoms with van der Waals surface area (Å²) < 4.78 is 28.2. The molecular weight excluding hydrogens is 695 g/mol. The molecule has 4 nitrogen and oxygen atoms in total. The highest BCUT2D eigenvalue weighted by Gasteiger charge is 2.24. The Balaban J connectivity index is 1.35. The number of aromatic nitrogens is 3. The summed E-state index contributed by atoms with van der Waals surface area (Å²) in [5.41, 5.74) is 13.0. The molecule has 57 heavy (non-hydrogen) atoms. The van der Waals surface area contributed by atoms with Gasteiger partial charge in [-0.05, 0) is 111 Å². The Morgan fingerprint density at radius 1 is 0.526 bits per heavy atom. The van der Waals surface area contributed by atoms with Gasteiger partial charge in [0.05, 0.1) is 28.0 Å². The first-order valence-corrected chi connectivity index (χ1v) is 19.2. The minimum Gasteiger partial charge on any atom is -0.507 e. The number of imidazole rings is 1. The van der Waals surface area contributed by atoms with Crippen LogP contribution in [-0.2, 0) is 5.41 Å². The third kappa shape index (κ3) is 6.81. The number of hydrogen-bond acceptors (Lipinski definition) is 3. The molecule has 0 saturated carbocycles. The highest BCUT2D eigenvalue weighted by Crippen LogP contribution is 2.43. The summed E-state index contributed by atoms with van der Waals surface area (Å²) in [4.78, 5) is 10.3. The number of nitrogens with zero attached hydrogens (tertiary/aromatic N) is 3. The maximum atomic E-state index is 11.5. The lowest BCUT2D eigenvalue weighted by Crippen LogP contribution is -2.11. The van der Waals surface area contributed by atoms with Gasteiger partial charge in [0.15, 0.2) is 0 Å². The van der Waals surface area contributed by atoms with Crippen molar-refractivity contribution in [1.82, 2.24) is 14.5 Å². The smallest absolute Gasteiger partial charge is 0.149 e. The fourth-order valence-corrected chi connectivity index (χ4v) is 7.66. The second kappa shape index (κ2) is 14.6. The zero-order valence-corrected chi connectivity index (χ0v) is 32.1. The molecule has 7 aromatic carbocycles. The van der Waals surface area contributed by atoms with Crippen LogP contribution in [-0.4, -0.2) is 19.6 Å². The Morgan fingerprint density at radius 3 is 1.84 bits per heavy atom. The molecule has 0 amide bonds. The van der Waals surface area contributed by atoms with Crippen molar-refractivity contribution in [3.05, 3.63) is 193 Å². The Labute approximate surface area is 338 Å². The van der Waals surface area contributed by atoms with Crippen LogP contribution in [0.3, 0.4) is 0 Å². The van der Waals surface area contributed by atoms with Gasteiger partial charge in [0.2, 0.25) is 0 Å². The lowest BCUT2D eigenvalue weighted by Gasteiger charge is -2.22. The molecule has 0 spiro atoms. The van der Waals surface area contributed by atoms with Crippen LogP contribution in [0.25, 0.3) is 83.9 Å². The summed E-state index contributed by atoms with van der Waals surface area (Å²) in [6, 6.07) is 57.9. The molecule has 0 atom stereocenters. The normalized spacial score (nSPS) is 12.6. The molecule has 0 fully saturated rings. The van der Waals surface area contributed by atoms with Gasteiger partial charge in [-0.15, -0.1) is 0 Å². The molecule has 0 saturated heterocycles. The number of aryl methyl sites for hydroxylation is 1. The topological polar surface area (TPSA) is 50.9 Å². The Kier molecular flexibility index (Phi) is 8.23. The number of aromatic hydroxyl groups is 1. The monoisotopic (exact) mass is 740 g/mol. The number of rotatable bonds is 7. The van der Waals surface area contributed by atoms with Gasteiger partial charge in [-0.3, -0.25) is 9.55 Å². The van der Waals surface area contributed by atoms with Gasteiger partial charge in [-0.25, -0.2) is 4.98 Å². The van der Waals surface area contributed by atoms with Crippen LogP contribution in [0.2, 0.25) is 0 Å². The third-order valence-corrected chi connectivity index (χ3v) is 10.6. The molecule has 1 N–H and O–H groups in total. The Morgan fingerprint density at radius 2 is 1.16 bits per heavy atom. The summed E-state index contributed by atoms with van der Waals surface area (Å²) in [5, 5.41) is 11.5. The molecule has 0 unspecified atom stereocenters. The molecule has 9 rings (SSSR count). The van der Waals surface area contributed by atoms with E-state index >= 15 is 0 Å². The van der Waals surface area contributed by atoms with Crippen molar-refractivity contribution in [2.75, 3.05) is 0 Å². The Hall–Kier alpha value is -7.04. The lowest BCUT2D eigenvalue weighted by molar-refractivity contribution is 0.477. The van der Waals surface area contributed by atoms with Crippen LogP contribution in [0.5, 0.6) is 5.75 Å². The van der Waals surface area contributed by atoms with Crippen LogP contribution in [0.15, 0.2) is 182 Å². The molecule has 2 heterocycles. The number of phenols is 1. The molecule has 0 radical (unpaired) electrons. The summed E-state index contributed by atoms with van der Waals surface area (Å²) >= 11 is 0. The van der Waals surface area contributed by atoms with Crippen molar-refractivity contribution in [1.29, 1.82) is 0 Å². The van der Waals surface area contributed by atoms with E-state index in [-0.39, 0.29) is 16.7 Å². The first-order valence-electron chi connectivity index (χ1n) is 20.7. The molecule has 0 aliphatic carbocycles. The zero-order valence-electron chi connectivity index (χ0n) is 35.1. The highest BCUT2D eigenvalue weighted by atomic mass is 16.3. The highest BCUT2D eigenvalue weighted by molar-refractivity contribution is 5.98. The molecule has 0 aliphatic rings. The van der Waals surface area contributed by atoms with E-state index in [2.05, 4.69) is 67.8 Å². The molecule has 276 valence electrons. The van der Waals surface area contributed by atoms with Crippen molar-refractivity contribution >= 4 is 11.0 Å². The van der Waals surface area contributed by atoms with Gasteiger partial charge < -0.3 is 5.11 Å². The number of benzene rings is 7. The SMILES string of the molecule is [2H]C([2H])([2H])c1cc(-c2ccccc2)c(-n2c(-c3ccccc3O)nc3c(-c4cc(-c5cc(-c6ccccc6)ccn5)cc(C(C)(C)C)c4)cccc32)cc1-c1ccccc1. The van der Waals surface area contributed by atoms with E-state index in [4.69, 9.17) is 14.1 Å². The first kappa shape index (κ1) is 32.2. The standard InChI is InChI=1S/C53H43N3O/c1-35-29-46(38-21-12-7-13-22-38)49(34-45(35)37-19-10-6-11-20-37)56-48-25-16-24-43(51(48)55-52(56)44-23-14-15-26-50(44)57)40-30-41(32-42(31-40)53(2,3)4)47-33-39(27-28-54-47)36-17-8-5-9-18-36/h5-34,57H,1-4H3/i1D3. The van der Waals surface area contributed by atoms with Crippen LogP contribution in [0.4, 0.5) is 0 Å². The number of fused-ring (bicyclic) bond motifs is 1. The summed E-state index contributed by atoms with van der Waals surface area (Å²) in [5.74, 6) is 0.610. The van der Waals surface area contributed by atoms with E-state index < -0.39 is 6.85 Å². The average molecular weight is 741 g/mol. The van der Waals surface area contributed by atoms with Crippen LogP contribution in [0, 0.1) is 6.85 Å². The number of pyridine rings is 1. The maximum Gasteiger partial charge on any atom is 0.149 e. The van der Waals surface area contributed by atoms with Gasteiger partial charge in [0.1, 0.15) is 11.6 Å². The zero-order chi connectivity index (χ0) is 41.6. The molecular formula is C53H43N3O. The molecule has 0 bridgehead atoms. The van der Waals surface area contributed by atoms with E-state index in [9.17, 15) is 5.11 Å². The van der Waals surface area contributed by atoms with E-state index in [1.54, 1.807) is 18.2 Å². The van der Waals surface area contributed by atoms with Crippen LogP contribution < -0.4 is 0 Å². The summed E-state index contributed by atoms with van der Waals surface area (Å²) in [6.45, 7) is 4.25. The second-order valence-electron chi connectivity index (χ2n) is 15.5. The second-order valence-corrected chi connectivity index (χ2v) is 15.5. The number of phenolic OH excluding ortho intramolecular Hbond substituents is 1. The lowest BCUT2D eigenvalue weighted by atomic mass is 9.83. The van der Waals surface area contributed by atoms with Gasteiger partial charge in [-0.1, -0.05) is 142 Å². The largest absolute Gasteiger partial charge is 0.507 e. The first-order chi connectivity index (χ1) is 28.9. The predicted molar refractivity (Wildman–Crippen MR) is 237 cm³/mol. The van der Waals surface area contributed by atoms with Gasteiger partial charge >= 0.3 is 0 Å². The summed E-state index contributed by atoms with van der Waals surface area (Å²) in [6.07, 6.45) is 1.87. The van der Waals surface area contributed by atoms with Gasteiger partial charge in [0.25, 0.3) is 0 Å². The minimum atomic E-state index is -2.40. The van der Waals surface area contributed by atoms with Crippen molar-refractivity contribution in [2.45, 2.75) is 33.0 Å². The molecule has 0 aliphatic heterocycles. The van der Waals surface area contributed by atoms with E-state index in [0.29, 0.717) is 17.0 Å². The van der Waals surface area contributed by atoms with Crippen molar-refractivity contribution in [3.8, 4) is 78.6 Å². The Bertz CT molecular complexity index is 3000. The fourth-order valence-electron chi connectivity index (χ4n) is 7.66. The summed E-state index contributed by atoms with van der Waals surface area (Å²) in [7, 11) is 0. The van der Waals surface area contributed by atoms with E-state index in [1.807, 2.05) is 121 Å². The van der Waals surface area contributed by atoms with E-state index in [0.717, 1.165) is 72.5 Å². The van der Waals surface area contributed by atoms with Crippen molar-refractivity contribution < 1.29 is 9.22 Å². The predicted octanol–water partition coefficient (Wildman–Crippen LogP) is 13.7. The number of hydrogen-bond donors (Lipinski definition) is 1. The fraction of sp³-hybridized carbons (Fsp3) is 0.0943. The quantitative estimate of drug-likeness (QED) is 0.177. The van der Waals surface area contributed by atoms with Crippen molar-refractivity contribution in [3.63, 3.8) is 0 Å². The number of para-hydroxylation sites is 2. The van der Waals surface area contributed by atoms with Gasteiger partial charge in [0, 0.05) is 27.0 Å². The van der Waals surface area contributed by atoms with Crippen molar-refractivity contribution in [2.24, 2.45) is 0 Å². The van der Waals surface area contributed by atoms with E-state index in [1.165, 1.54) is 0 Å². The maximum absolute atomic E-state index is 11.5. The van der Waals surface area contributed by atoms with Crippen LogP contribution in [0.1, 0.15) is 36.0 Å². The molecule has 4 heteroatoms. The van der Waals surface area contributed by atoms with Crippen LogP contribution >= 0.6 is 0 Å². The van der Waals surface area contributed by atoms with Gasteiger partial charge in [-0.2, -0.15) is 0 Å². The third-order valence-electron chi connectivity index (χ3n) is 10.6. The molecule has 2 aromatic heterocycles. The molecule has 9 aromatic rings. The average Bonchev–Trinajstić information content (AvgIpc) is 3.66.